The molecule has 4 nitrogen and oxygen atoms in total. The van der Waals surface area contributed by atoms with Crippen LogP contribution in [0.1, 0.15) is 29.9 Å². The molecule has 0 atom stereocenters. The molecule has 0 bridgehead atoms. The van der Waals surface area contributed by atoms with Crippen LogP contribution in [0.4, 0.5) is 0 Å². The Morgan fingerprint density at radius 2 is 2.05 bits per heavy atom. The number of rotatable bonds is 5. The van der Waals surface area contributed by atoms with Crippen LogP contribution in [-0.2, 0) is 4.74 Å². The van der Waals surface area contributed by atoms with E-state index in [-0.39, 0.29) is 5.97 Å². The number of benzene rings is 1. The van der Waals surface area contributed by atoms with Gasteiger partial charge in [0.1, 0.15) is 5.69 Å². The first-order valence-electron chi connectivity index (χ1n) is 6.23. The molecule has 1 heterocycles. The molecule has 0 N–H and O–H groups in total. The van der Waals surface area contributed by atoms with E-state index in [0.29, 0.717) is 23.1 Å². The normalized spacial score (nSPS) is 10.7. The first-order valence-corrected chi connectivity index (χ1v) is 7.00. The van der Waals surface area contributed by atoms with E-state index in [1.54, 1.807) is 0 Å². The van der Waals surface area contributed by atoms with Gasteiger partial charge in [-0.15, -0.1) is 5.10 Å². The van der Waals surface area contributed by atoms with Crippen LogP contribution in [0.25, 0.3) is 11.3 Å². The highest BCUT2D eigenvalue weighted by Crippen LogP contribution is 2.24. The third-order valence-corrected chi connectivity index (χ3v) is 3.35. The van der Waals surface area contributed by atoms with Gasteiger partial charge in [-0.1, -0.05) is 48.7 Å². The summed E-state index contributed by atoms with van der Waals surface area (Å²) in [5.74, 6) is 0.176. The fraction of sp³-hybridized carbons (Fsp3) is 0.357. The lowest BCUT2D eigenvalue weighted by Gasteiger charge is -2.06. The first kappa shape index (κ1) is 13.7. The lowest BCUT2D eigenvalue weighted by molar-refractivity contribution is 0.0494. The molecule has 100 valence electrons. The van der Waals surface area contributed by atoms with Gasteiger partial charge in [-0.05, 0) is 23.9 Å². The summed E-state index contributed by atoms with van der Waals surface area (Å²) in [6.07, 6.45) is 0.860. The van der Waals surface area contributed by atoms with Crippen molar-refractivity contribution in [1.29, 1.82) is 0 Å². The van der Waals surface area contributed by atoms with E-state index < -0.39 is 0 Å². The molecule has 0 radical (unpaired) electrons. The van der Waals surface area contributed by atoms with Gasteiger partial charge in [0.2, 0.25) is 0 Å². The summed E-state index contributed by atoms with van der Waals surface area (Å²) >= 11 is 1.08. The summed E-state index contributed by atoms with van der Waals surface area (Å²) in [6, 6.07) is 9.54. The number of aromatic nitrogens is 2. The Kier molecular flexibility index (Phi) is 4.63. The number of esters is 1. The van der Waals surface area contributed by atoms with E-state index in [1.807, 2.05) is 30.3 Å². The Morgan fingerprint density at radius 1 is 1.32 bits per heavy atom. The average Bonchev–Trinajstić information content (AvgIpc) is 2.88. The summed E-state index contributed by atoms with van der Waals surface area (Å²) in [6.45, 7) is 4.62. The van der Waals surface area contributed by atoms with E-state index in [4.69, 9.17) is 4.74 Å². The van der Waals surface area contributed by atoms with Gasteiger partial charge in [-0.2, -0.15) is 0 Å². The zero-order valence-electron chi connectivity index (χ0n) is 11.0. The second-order valence-electron chi connectivity index (χ2n) is 4.64. The number of hydrogen-bond donors (Lipinski definition) is 0. The second kappa shape index (κ2) is 6.43. The molecule has 0 aliphatic heterocycles. The van der Waals surface area contributed by atoms with Crippen molar-refractivity contribution in [1.82, 2.24) is 9.59 Å². The van der Waals surface area contributed by atoms with E-state index >= 15 is 0 Å². The number of ether oxygens (including phenoxy) is 1. The van der Waals surface area contributed by atoms with Crippen molar-refractivity contribution >= 4 is 17.5 Å². The van der Waals surface area contributed by atoms with Gasteiger partial charge in [0, 0.05) is 5.56 Å². The second-order valence-corrected chi connectivity index (χ2v) is 5.39. The molecular weight excluding hydrogens is 260 g/mol. The molecule has 0 unspecified atom stereocenters. The highest BCUT2D eigenvalue weighted by Gasteiger charge is 2.18. The summed E-state index contributed by atoms with van der Waals surface area (Å²) in [5, 5.41) is 4.02. The molecule has 0 saturated heterocycles. The smallest absolute Gasteiger partial charge is 0.352 e. The van der Waals surface area contributed by atoms with E-state index in [2.05, 4.69) is 23.4 Å². The van der Waals surface area contributed by atoms with Crippen LogP contribution < -0.4 is 0 Å². The quantitative estimate of drug-likeness (QED) is 0.785. The fourth-order valence-electron chi connectivity index (χ4n) is 1.56. The highest BCUT2D eigenvalue weighted by molar-refractivity contribution is 7.08. The summed E-state index contributed by atoms with van der Waals surface area (Å²) < 4.78 is 9.10. The largest absolute Gasteiger partial charge is 0.461 e. The molecule has 0 saturated carbocycles. The number of nitrogens with zero attached hydrogens (tertiary/aromatic N) is 2. The van der Waals surface area contributed by atoms with E-state index in [0.717, 1.165) is 23.5 Å². The Bertz CT molecular complexity index is 537. The SMILES string of the molecule is CC(C)CCOC(=O)c1snnc1-c1ccccc1. The monoisotopic (exact) mass is 276 g/mol. The van der Waals surface area contributed by atoms with Crippen molar-refractivity contribution in [3.05, 3.63) is 35.2 Å². The number of carbonyl (C=O) groups is 1. The van der Waals surface area contributed by atoms with Crippen molar-refractivity contribution in [3.8, 4) is 11.3 Å². The van der Waals surface area contributed by atoms with Gasteiger partial charge < -0.3 is 4.74 Å². The summed E-state index contributed by atoms with van der Waals surface area (Å²) in [4.78, 5) is 12.5. The van der Waals surface area contributed by atoms with Crippen LogP contribution in [0.3, 0.4) is 0 Å². The van der Waals surface area contributed by atoms with Crippen molar-refractivity contribution in [2.24, 2.45) is 5.92 Å². The van der Waals surface area contributed by atoms with Gasteiger partial charge in [0.15, 0.2) is 4.88 Å². The third kappa shape index (κ3) is 3.61. The fourth-order valence-corrected chi connectivity index (χ4v) is 2.15. The van der Waals surface area contributed by atoms with E-state index in [1.165, 1.54) is 0 Å². The zero-order chi connectivity index (χ0) is 13.7. The summed E-state index contributed by atoms with van der Waals surface area (Å²) in [7, 11) is 0. The van der Waals surface area contributed by atoms with Gasteiger partial charge in [0.25, 0.3) is 0 Å². The molecule has 0 aliphatic carbocycles. The van der Waals surface area contributed by atoms with Crippen LogP contribution in [0.5, 0.6) is 0 Å². The maximum Gasteiger partial charge on any atom is 0.352 e. The van der Waals surface area contributed by atoms with Gasteiger partial charge in [-0.25, -0.2) is 4.79 Å². The highest BCUT2D eigenvalue weighted by atomic mass is 32.1. The minimum atomic E-state index is -0.338. The lowest BCUT2D eigenvalue weighted by atomic mass is 10.1. The maximum atomic E-state index is 12.0. The standard InChI is InChI=1S/C14H16N2O2S/c1-10(2)8-9-18-14(17)13-12(15-16-19-13)11-6-4-3-5-7-11/h3-7,10H,8-9H2,1-2H3. The minimum absolute atomic E-state index is 0.338. The van der Waals surface area contributed by atoms with Crippen molar-refractivity contribution in [3.63, 3.8) is 0 Å². The predicted molar refractivity (Wildman–Crippen MR) is 75.1 cm³/mol. The molecule has 0 fully saturated rings. The zero-order valence-corrected chi connectivity index (χ0v) is 11.8. The lowest BCUT2D eigenvalue weighted by Crippen LogP contribution is -2.07. The molecule has 0 spiro atoms. The molecule has 2 rings (SSSR count). The van der Waals surface area contributed by atoms with Gasteiger partial charge >= 0.3 is 5.97 Å². The molecule has 2 aromatic rings. The third-order valence-electron chi connectivity index (χ3n) is 2.65. The van der Waals surface area contributed by atoms with E-state index in [9.17, 15) is 4.79 Å². The average molecular weight is 276 g/mol. The Morgan fingerprint density at radius 3 is 2.74 bits per heavy atom. The maximum absolute atomic E-state index is 12.0. The van der Waals surface area contributed by atoms with Crippen LogP contribution in [0, 0.1) is 5.92 Å². The Hall–Kier alpha value is -1.75. The van der Waals surface area contributed by atoms with Crippen molar-refractivity contribution in [2.45, 2.75) is 20.3 Å². The molecule has 5 heteroatoms. The molecule has 0 amide bonds. The van der Waals surface area contributed by atoms with Crippen LogP contribution >= 0.6 is 11.5 Å². The minimum Gasteiger partial charge on any atom is -0.461 e. The molecule has 1 aromatic heterocycles. The topological polar surface area (TPSA) is 52.1 Å². The Labute approximate surface area is 116 Å². The first-order chi connectivity index (χ1) is 9.18. The van der Waals surface area contributed by atoms with Crippen LogP contribution in [0.15, 0.2) is 30.3 Å². The Balaban J connectivity index is 2.09. The number of carbonyl (C=O) groups excluding carboxylic acids is 1. The van der Waals surface area contributed by atoms with Gasteiger partial charge in [0.05, 0.1) is 6.61 Å². The predicted octanol–water partition coefficient (Wildman–Crippen LogP) is 3.41. The van der Waals surface area contributed by atoms with Crippen LogP contribution in [-0.4, -0.2) is 22.2 Å². The van der Waals surface area contributed by atoms with Crippen LogP contribution in [0.2, 0.25) is 0 Å². The number of hydrogen-bond acceptors (Lipinski definition) is 5. The van der Waals surface area contributed by atoms with Crippen molar-refractivity contribution in [2.75, 3.05) is 6.61 Å². The van der Waals surface area contributed by atoms with Crippen molar-refractivity contribution < 1.29 is 9.53 Å². The molecular formula is C14H16N2O2S. The molecule has 19 heavy (non-hydrogen) atoms. The summed E-state index contributed by atoms with van der Waals surface area (Å²) in [5.41, 5.74) is 1.48. The molecule has 0 aliphatic rings. The molecule has 1 aromatic carbocycles. The van der Waals surface area contributed by atoms with Gasteiger partial charge in [-0.3, -0.25) is 0 Å².